The van der Waals surface area contributed by atoms with Crippen molar-refractivity contribution in [2.24, 2.45) is 0 Å². The molecule has 0 aliphatic carbocycles. The molecular formula is C12H11Br2NO. The van der Waals surface area contributed by atoms with Crippen molar-refractivity contribution >= 4 is 37.8 Å². The van der Waals surface area contributed by atoms with E-state index in [1.165, 1.54) is 0 Å². The molecule has 0 atom stereocenters. The van der Waals surface area contributed by atoms with Gasteiger partial charge in [-0.2, -0.15) is 0 Å². The smallest absolute Gasteiger partial charge is 0.251 e. The van der Waals surface area contributed by atoms with E-state index >= 15 is 0 Å². The number of benzene rings is 1. The third-order valence-electron chi connectivity index (χ3n) is 1.91. The van der Waals surface area contributed by atoms with E-state index in [9.17, 15) is 4.79 Å². The molecule has 1 aromatic carbocycles. The van der Waals surface area contributed by atoms with Gasteiger partial charge in [-0.15, -0.1) is 12.3 Å². The molecule has 4 heteroatoms. The van der Waals surface area contributed by atoms with Crippen LogP contribution in [0.25, 0.3) is 0 Å². The van der Waals surface area contributed by atoms with Gasteiger partial charge in [-0.25, -0.2) is 0 Å². The first-order valence-electron chi connectivity index (χ1n) is 4.81. The summed E-state index contributed by atoms with van der Waals surface area (Å²) in [6.45, 7) is 0.604. The topological polar surface area (TPSA) is 29.1 Å². The molecule has 0 aliphatic rings. The average molecular weight is 345 g/mol. The highest BCUT2D eigenvalue weighted by atomic mass is 79.9. The molecule has 0 saturated heterocycles. The molecule has 16 heavy (non-hydrogen) atoms. The Labute approximate surface area is 112 Å². The first-order chi connectivity index (χ1) is 7.63. The van der Waals surface area contributed by atoms with Crippen LogP contribution in [0.1, 0.15) is 23.2 Å². The molecule has 1 aromatic rings. The Balaban J connectivity index is 2.56. The van der Waals surface area contributed by atoms with Crippen LogP contribution in [0.15, 0.2) is 27.1 Å². The Bertz CT molecular complexity index is 403. The number of carbonyl (C=O) groups excluding carboxylic acids is 1. The van der Waals surface area contributed by atoms with Crippen LogP contribution in [0.2, 0.25) is 0 Å². The number of nitrogens with one attached hydrogen (secondary N) is 1. The van der Waals surface area contributed by atoms with Gasteiger partial charge in [0, 0.05) is 27.5 Å². The lowest BCUT2D eigenvalue weighted by molar-refractivity contribution is 0.0953. The van der Waals surface area contributed by atoms with Gasteiger partial charge in [-0.1, -0.05) is 31.9 Å². The SMILES string of the molecule is C#CCCCNC(=O)c1cc(Br)cc(Br)c1. The lowest BCUT2D eigenvalue weighted by atomic mass is 10.2. The third kappa shape index (κ3) is 4.38. The van der Waals surface area contributed by atoms with Gasteiger partial charge >= 0.3 is 0 Å². The molecule has 0 radical (unpaired) electrons. The molecule has 2 nitrogen and oxygen atoms in total. The number of hydrogen-bond donors (Lipinski definition) is 1. The number of carbonyl (C=O) groups is 1. The zero-order valence-corrected chi connectivity index (χ0v) is 11.8. The molecule has 0 fully saturated rings. The van der Waals surface area contributed by atoms with Crippen molar-refractivity contribution in [3.05, 3.63) is 32.7 Å². The van der Waals surface area contributed by atoms with E-state index < -0.39 is 0 Å². The summed E-state index contributed by atoms with van der Waals surface area (Å²) in [6.07, 6.45) is 6.61. The quantitative estimate of drug-likeness (QED) is 0.658. The molecule has 0 aliphatic heterocycles. The van der Waals surface area contributed by atoms with Gasteiger partial charge < -0.3 is 5.32 Å². The van der Waals surface area contributed by atoms with Gasteiger partial charge in [0.1, 0.15) is 0 Å². The van der Waals surface area contributed by atoms with Gasteiger partial charge in [-0.05, 0) is 24.6 Å². The summed E-state index contributed by atoms with van der Waals surface area (Å²) in [5.74, 6) is 2.45. The molecule has 1 N–H and O–H groups in total. The second-order valence-electron chi connectivity index (χ2n) is 3.22. The van der Waals surface area contributed by atoms with Crippen LogP contribution in [0.4, 0.5) is 0 Å². The van der Waals surface area contributed by atoms with Crippen molar-refractivity contribution in [3.8, 4) is 12.3 Å². The van der Waals surface area contributed by atoms with Crippen LogP contribution in [0, 0.1) is 12.3 Å². The molecule has 0 saturated carbocycles. The zero-order valence-electron chi connectivity index (χ0n) is 8.59. The Kier molecular flexibility index (Phi) is 5.58. The van der Waals surface area contributed by atoms with Gasteiger partial charge in [0.15, 0.2) is 0 Å². The van der Waals surface area contributed by atoms with E-state index in [2.05, 4.69) is 43.1 Å². The molecule has 84 valence electrons. The second kappa shape index (κ2) is 6.72. The van der Waals surface area contributed by atoms with Crippen LogP contribution >= 0.6 is 31.9 Å². The largest absolute Gasteiger partial charge is 0.352 e. The molecule has 1 rings (SSSR count). The number of hydrogen-bond acceptors (Lipinski definition) is 1. The highest BCUT2D eigenvalue weighted by Crippen LogP contribution is 2.19. The van der Waals surface area contributed by atoms with Crippen LogP contribution in [0.5, 0.6) is 0 Å². The summed E-state index contributed by atoms with van der Waals surface area (Å²) < 4.78 is 1.74. The minimum absolute atomic E-state index is 0.0842. The van der Waals surface area contributed by atoms with Crippen molar-refractivity contribution in [2.45, 2.75) is 12.8 Å². The maximum atomic E-state index is 11.7. The summed E-state index contributed by atoms with van der Waals surface area (Å²) in [4.78, 5) is 11.7. The fraction of sp³-hybridized carbons (Fsp3) is 0.250. The Morgan fingerprint density at radius 1 is 1.31 bits per heavy atom. The minimum atomic E-state index is -0.0842. The number of unbranched alkanes of at least 4 members (excludes halogenated alkanes) is 1. The van der Waals surface area contributed by atoms with Crippen LogP contribution in [-0.2, 0) is 0 Å². The standard InChI is InChI=1S/C12H11Br2NO/c1-2-3-4-5-15-12(16)9-6-10(13)8-11(14)7-9/h1,6-8H,3-5H2,(H,15,16). The van der Waals surface area contributed by atoms with Crippen LogP contribution < -0.4 is 5.32 Å². The monoisotopic (exact) mass is 343 g/mol. The molecular weight excluding hydrogens is 334 g/mol. The Hall–Kier alpha value is -0.790. The van der Waals surface area contributed by atoms with E-state index in [1.807, 2.05) is 6.07 Å². The molecule has 0 spiro atoms. The van der Waals surface area contributed by atoms with Crippen molar-refractivity contribution in [2.75, 3.05) is 6.54 Å². The van der Waals surface area contributed by atoms with E-state index in [4.69, 9.17) is 6.42 Å². The Morgan fingerprint density at radius 2 is 1.94 bits per heavy atom. The van der Waals surface area contributed by atoms with Crippen molar-refractivity contribution < 1.29 is 4.79 Å². The Morgan fingerprint density at radius 3 is 2.50 bits per heavy atom. The average Bonchev–Trinajstić information content (AvgIpc) is 2.22. The summed E-state index contributed by atoms with van der Waals surface area (Å²) in [5.41, 5.74) is 0.627. The third-order valence-corrected chi connectivity index (χ3v) is 2.82. The van der Waals surface area contributed by atoms with Gasteiger partial charge in [-0.3, -0.25) is 4.79 Å². The summed E-state index contributed by atoms with van der Waals surface area (Å²) >= 11 is 6.68. The van der Waals surface area contributed by atoms with E-state index in [0.29, 0.717) is 18.5 Å². The van der Waals surface area contributed by atoms with Crippen LogP contribution in [-0.4, -0.2) is 12.5 Å². The molecule has 1 amide bonds. The highest BCUT2D eigenvalue weighted by molar-refractivity contribution is 9.11. The van der Waals surface area contributed by atoms with Crippen LogP contribution in [0.3, 0.4) is 0 Å². The number of amides is 1. The lowest BCUT2D eigenvalue weighted by Crippen LogP contribution is -2.24. The second-order valence-corrected chi connectivity index (χ2v) is 5.05. The maximum absolute atomic E-state index is 11.7. The predicted molar refractivity (Wildman–Crippen MR) is 72.2 cm³/mol. The van der Waals surface area contributed by atoms with Gasteiger partial charge in [0.05, 0.1) is 0 Å². The first kappa shape index (κ1) is 13.3. The fourth-order valence-corrected chi connectivity index (χ4v) is 2.47. The lowest BCUT2D eigenvalue weighted by Gasteiger charge is -2.05. The highest BCUT2D eigenvalue weighted by Gasteiger charge is 2.06. The molecule has 0 heterocycles. The molecule has 0 aromatic heterocycles. The van der Waals surface area contributed by atoms with E-state index in [0.717, 1.165) is 15.4 Å². The normalized spacial score (nSPS) is 9.56. The van der Waals surface area contributed by atoms with Crippen molar-refractivity contribution in [1.82, 2.24) is 5.32 Å². The predicted octanol–water partition coefficient (Wildman–Crippen LogP) is 3.35. The minimum Gasteiger partial charge on any atom is -0.352 e. The van der Waals surface area contributed by atoms with E-state index in [1.54, 1.807) is 12.1 Å². The number of rotatable bonds is 4. The maximum Gasteiger partial charge on any atom is 0.251 e. The summed E-state index contributed by atoms with van der Waals surface area (Å²) in [7, 11) is 0. The summed E-state index contributed by atoms with van der Waals surface area (Å²) in [6, 6.07) is 5.44. The first-order valence-corrected chi connectivity index (χ1v) is 6.40. The zero-order chi connectivity index (χ0) is 12.0. The van der Waals surface area contributed by atoms with Crippen molar-refractivity contribution in [3.63, 3.8) is 0 Å². The molecule has 0 bridgehead atoms. The summed E-state index contributed by atoms with van der Waals surface area (Å²) in [5, 5.41) is 2.81. The van der Waals surface area contributed by atoms with E-state index in [-0.39, 0.29) is 5.91 Å². The number of terminal acetylenes is 1. The van der Waals surface area contributed by atoms with Crippen molar-refractivity contribution in [1.29, 1.82) is 0 Å². The van der Waals surface area contributed by atoms with Gasteiger partial charge in [0.2, 0.25) is 0 Å². The number of halogens is 2. The van der Waals surface area contributed by atoms with Gasteiger partial charge in [0.25, 0.3) is 5.91 Å². The molecule has 0 unspecified atom stereocenters. The fourth-order valence-electron chi connectivity index (χ4n) is 1.18.